The lowest BCUT2D eigenvalue weighted by Gasteiger charge is -2.21. The number of aromatic nitrogens is 1. The monoisotopic (exact) mass is 548 g/mol. The number of hydrogen-bond donors (Lipinski definition) is 1. The van der Waals surface area contributed by atoms with Crippen LogP contribution in [0.15, 0.2) is 109 Å². The summed E-state index contributed by atoms with van der Waals surface area (Å²) in [6.07, 6.45) is 11.5. The molecule has 2 aromatic carbocycles. The minimum atomic E-state index is -0.232. The zero-order chi connectivity index (χ0) is 29.5. The Labute approximate surface area is 246 Å². The molecule has 0 saturated carbocycles. The molecular weight excluding hydrogens is 503 g/mol. The van der Waals surface area contributed by atoms with Gasteiger partial charge in [0.05, 0.1) is 5.69 Å². The van der Waals surface area contributed by atoms with Crippen molar-refractivity contribution in [2.75, 3.05) is 0 Å². The van der Waals surface area contributed by atoms with Crippen LogP contribution in [0.5, 0.6) is 0 Å². The van der Waals surface area contributed by atoms with Crippen molar-refractivity contribution in [3.8, 4) is 22.4 Å². The molecule has 1 atom stereocenters. The molecule has 0 fully saturated rings. The molecule has 1 N–H and O–H groups in total. The first-order chi connectivity index (χ1) is 19.7. The Hall–Kier alpha value is -3.85. The molecule has 4 rings (SSSR count). The van der Waals surface area contributed by atoms with Crippen molar-refractivity contribution < 1.29 is 4.39 Å². The third kappa shape index (κ3) is 7.47. The summed E-state index contributed by atoms with van der Waals surface area (Å²) < 4.78 is 16.6. The van der Waals surface area contributed by atoms with E-state index >= 15 is 0 Å². The number of hydrogen-bond acceptors (Lipinski definition) is 1. The number of benzene rings is 2. The minimum Gasteiger partial charge on any atom is -0.356 e. The molecule has 1 unspecified atom stereocenters. The summed E-state index contributed by atoms with van der Waals surface area (Å²) in [6.45, 7) is 22.7. The van der Waals surface area contributed by atoms with E-state index in [9.17, 15) is 4.39 Å². The van der Waals surface area contributed by atoms with E-state index in [0.29, 0.717) is 5.92 Å². The van der Waals surface area contributed by atoms with Crippen LogP contribution in [0.1, 0.15) is 77.0 Å². The lowest BCUT2D eigenvalue weighted by molar-refractivity contribution is 0.467. The van der Waals surface area contributed by atoms with Gasteiger partial charge in [-0.15, -0.1) is 0 Å². The van der Waals surface area contributed by atoms with Crippen molar-refractivity contribution in [1.29, 1.82) is 0 Å². The smallest absolute Gasteiger partial charge is 0.123 e. The maximum absolute atomic E-state index is 14.1. The first-order valence-electron chi connectivity index (χ1n) is 14.9. The van der Waals surface area contributed by atoms with Gasteiger partial charge < -0.3 is 9.88 Å². The molecule has 214 valence electrons. The third-order valence-electron chi connectivity index (χ3n) is 7.66. The quantitative estimate of drug-likeness (QED) is 0.210. The number of halogens is 1. The predicted molar refractivity (Wildman–Crippen MR) is 175 cm³/mol. The molecule has 41 heavy (non-hydrogen) atoms. The van der Waals surface area contributed by atoms with Gasteiger partial charge in [-0.1, -0.05) is 94.1 Å². The van der Waals surface area contributed by atoms with E-state index < -0.39 is 0 Å². The molecule has 1 aromatic heterocycles. The highest BCUT2D eigenvalue weighted by molar-refractivity contribution is 5.93. The lowest BCUT2D eigenvalue weighted by Crippen LogP contribution is -2.14. The van der Waals surface area contributed by atoms with Gasteiger partial charge in [-0.05, 0) is 92.3 Å². The molecular formula is C38H45FN2. The van der Waals surface area contributed by atoms with Gasteiger partial charge in [0, 0.05) is 34.8 Å². The van der Waals surface area contributed by atoms with Crippen LogP contribution in [0.4, 0.5) is 4.39 Å². The van der Waals surface area contributed by atoms with Crippen LogP contribution < -0.4 is 5.32 Å². The molecule has 3 heteroatoms. The van der Waals surface area contributed by atoms with Crippen LogP contribution in [-0.2, 0) is 6.54 Å². The second kappa shape index (κ2) is 13.7. The van der Waals surface area contributed by atoms with E-state index in [-0.39, 0.29) is 11.7 Å². The Morgan fingerprint density at radius 2 is 1.66 bits per heavy atom. The van der Waals surface area contributed by atoms with Crippen molar-refractivity contribution in [2.24, 2.45) is 5.92 Å². The highest BCUT2D eigenvalue weighted by Crippen LogP contribution is 2.44. The summed E-state index contributed by atoms with van der Waals surface area (Å²) in [7, 11) is 0. The molecule has 1 aliphatic carbocycles. The molecule has 0 aliphatic heterocycles. The van der Waals surface area contributed by atoms with E-state index in [2.05, 4.69) is 99.8 Å². The van der Waals surface area contributed by atoms with Crippen molar-refractivity contribution in [3.63, 3.8) is 0 Å². The van der Waals surface area contributed by atoms with Crippen molar-refractivity contribution in [1.82, 2.24) is 9.88 Å². The first kappa shape index (κ1) is 30.1. The zero-order valence-electron chi connectivity index (χ0n) is 25.3. The molecule has 1 aliphatic rings. The Kier molecular flexibility index (Phi) is 10.0. The summed E-state index contributed by atoms with van der Waals surface area (Å²) in [5.41, 5.74) is 11.1. The van der Waals surface area contributed by atoms with Crippen molar-refractivity contribution in [3.05, 3.63) is 126 Å². The number of nitrogens with zero attached hydrogens (tertiary/aromatic N) is 1. The topological polar surface area (TPSA) is 17.0 Å². The average molecular weight is 549 g/mol. The van der Waals surface area contributed by atoms with E-state index in [1.165, 1.54) is 11.3 Å². The maximum atomic E-state index is 14.1. The minimum absolute atomic E-state index is 0.232. The second-order valence-corrected chi connectivity index (χ2v) is 11.9. The zero-order valence-corrected chi connectivity index (χ0v) is 25.3. The largest absolute Gasteiger partial charge is 0.356 e. The molecule has 0 spiro atoms. The summed E-state index contributed by atoms with van der Waals surface area (Å²) in [4.78, 5) is 0. The SMILES string of the molecule is C=C(C)CC(=C)CC(C)CCn1c(-c2ccc(F)cc2)c(-c2ccccc2)c(C(=C)NC2=CCCC=C2)c1C(C)C. The molecule has 3 aromatic rings. The summed E-state index contributed by atoms with van der Waals surface area (Å²) in [5.74, 6) is 0.474. The fourth-order valence-corrected chi connectivity index (χ4v) is 5.95. The van der Waals surface area contributed by atoms with E-state index in [1.54, 1.807) is 12.1 Å². The van der Waals surface area contributed by atoms with Crippen molar-refractivity contribution in [2.45, 2.75) is 72.3 Å². The molecule has 0 radical (unpaired) electrons. The Morgan fingerprint density at radius 1 is 0.951 bits per heavy atom. The van der Waals surface area contributed by atoms with Crippen LogP contribution in [-0.4, -0.2) is 4.57 Å². The van der Waals surface area contributed by atoms with Gasteiger partial charge >= 0.3 is 0 Å². The fraction of sp³-hybridized carbons (Fsp3) is 0.316. The summed E-state index contributed by atoms with van der Waals surface area (Å²) in [5, 5.41) is 3.64. The van der Waals surface area contributed by atoms with Gasteiger partial charge in [-0.3, -0.25) is 0 Å². The molecule has 1 heterocycles. The van der Waals surface area contributed by atoms with Crippen LogP contribution in [0.2, 0.25) is 0 Å². The summed E-state index contributed by atoms with van der Waals surface area (Å²) in [6, 6.07) is 17.5. The second-order valence-electron chi connectivity index (χ2n) is 11.9. The summed E-state index contributed by atoms with van der Waals surface area (Å²) >= 11 is 0. The van der Waals surface area contributed by atoms with Gasteiger partial charge in [-0.25, -0.2) is 4.39 Å². The van der Waals surface area contributed by atoms with Crippen LogP contribution in [0, 0.1) is 11.7 Å². The van der Waals surface area contributed by atoms with Crippen LogP contribution in [0.3, 0.4) is 0 Å². The standard InChI is InChI=1S/C38H45FN2/c1-26(2)24-29(6)25-28(5)22-23-41-37(27(3)4)35(30(7)40-34-16-12-9-13-17-34)36(31-14-10-8-11-15-31)38(41)32-18-20-33(39)21-19-32/h8,10-12,14-21,27-28,40H,1,6-7,9,13,22-25H2,2-5H3. The van der Waals surface area contributed by atoms with Gasteiger partial charge in [0.25, 0.3) is 0 Å². The van der Waals surface area contributed by atoms with Crippen LogP contribution >= 0.6 is 0 Å². The molecule has 0 amide bonds. The van der Waals surface area contributed by atoms with E-state index in [0.717, 1.165) is 83.6 Å². The molecule has 0 bridgehead atoms. The lowest BCUT2D eigenvalue weighted by atomic mass is 9.93. The first-order valence-corrected chi connectivity index (χ1v) is 14.9. The fourth-order valence-electron chi connectivity index (χ4n) is 5.95. The maximum Gasteiger partial charge on any atom is 0.123 e. The highest BCUT2D eigenvalue weighted by Gasteiger charge is 2.28. The van der Waals surface area contributed by atoms with Crippen LogP contribution in [0.25, 0.3) is 28.1 Å². The van der Waals surface area contributed by atoms with Gasteiger partial charge in [0.2, 0.25) is 0 Å². The van der Waals surface area contributed by atoms with E-state index in [1.807, 2.05) is 18.2 Å². The highest BCUT2D eigenvalue weighted by atomic mass is 19.1. The Balaban J connectivity index is 1.88. The van der Waals surface area contributed by atoms with E-state index in [4.69, 9.17) is 0 Å². The average Bonchev–Trinajstić information content (AvgIpc) is 3.28. The predicted octanol–water partition coefficient (Wildman–Crippen LogP) is 10.8. The number of allylic oxidation sites excluding steroid dienone is 5. The van der Waals surface area contributed by atoms with Crippen molar-refractivity contribution >= 4 is 5.70 Å². The van der Waals surface area contributed by atoms with Gasteiger partial charge in [0.15, 0.2) is 0 Å². The number of rotatable bonds is 13. The number of nitrogens with one attached hydrogen (secondary N) is 1. The Morgan fingerprint density at radius 3 is 2.27 bits per heavy atom. The third-order valence-corrected chi connectivity index (χ3v) is 7.66. The normalized spacial score (nSPS) is 13.7. The molecule has 2 nitrogen and oxygen atoms in total. The Bertz CT molecular complexity index is 1450. The molecule has 0 saturated heterocycles. The van der Waals surface area contributed by atoms with Gasteiger partial charge in [-0.2, -0.15) is 0 Å². The van der Waals surface area contributed by atoms with Gasteiger partial charge in [0.1, 0.15) is 5.82 Å².